The van der Waals surface area contributed by atoms with Crippen molar-refractivity contribution in [3.8, 4) is 0 Å². The normalized spacial score (nSPS) is 16.0. The van der Waals surface area contributed by atoms with Crippen molar-refractivity contribution in [2.24, 2.45) is 0 Å². The molecule has 1 atom stereocenters. The molecule has 0 spiro atoms. The van der Waals surface area contributed by atoms with Gasteiger partial charge in [0.05, 0.1) is 30.4 Å². The van der Waals surface area contributed by atoms with E-state index in [4.69, 9.17) is 0 Å². The number of nitrogens with one attached hydrogen (secondary N) is 1. The summed E-state index contributed by atoms with van der Waals surface area (Å²) in [5, 5.41) is 11.4. The molecule has 0 saturated heterocycles. The molecule has 1 aliphatic rings. The maximum Gasteiger partial charge on any atom is 0.231 e. The van der Waals surface area contributed by atoms with E-state index in [0.717, 1.165) is 24.0 Å². The molecule has 0 aliphatic heterocycles. The van der Waals surface area contributed by atoms with E-state index in [1.54, 1.807) is 29.3 Å². The summed E-state index contributed by atoms with van der Waals surface area (Å²) in [4.78, 5) is 14.6. The van der Waals surface area contributed by atoms with Gasteiger partial charge in [0.25, 0.3) is 0 Å². The van der Waals surface area contributed by atoms with Crippen LogP contribution in [0.1, 0.15) is 30.0 Å². The van der Waals surface area contributed by atoms with Gasteiger partial charge in [0, 0.05) is 0 Å². The Morgan fingerprint density at radius 2 is 1.73 bits per heavy atom. The first-order valence-electron chi connectivity index (χ1n) is 8.63. The Labute approximate surface area is 150 Å². The molecule has 5 nitrogen and oxygen atoms in total. The van der Waals surface area contributed by atoms with Crippen molar-refractivity contribution in [1.29, 1.82) is 0 Å². The monoisotopic (exact) mass is 350 g/mol. The summed E-state index contributed by atoms with van der Waals surface area (Å²) in [6.45, 7) is 0.447. The van der Waals surface area contributed by atoms with Crippen LogP contribution in [0.5, 0.6) is 0 Å². The smallest absolute Gasteiger partial charge is 0.231 e. The molecule has 1 N–H and O–H groups in total. The fourth-order valence-electron chi connectivity index (χ4n) is 3.26. The summed E-state index contributed by atoms with van der Waals surface area (Å²) >= 11 is 0. The number of amides is 1. The van der Waals surface area contributed by atoms with Gasteiger partial charge in [0.1, 0.15) is 5.82 Å². The van der Waals surface area contributed by atoms with Crippen molar-refractivity contribution in [3.63, 3.8) is 0 Å². The predicted octanol–water partition coefficient (Wildman–Crippen LogP) is 3.01. The van der Waals surface area contributed by atoms with Gasteiger partial charge in [-0.05, 0) is 36.1 Å². The molecule has 132 valence electrons. The average molecular weight is 350 g/mol. The molecule has 0 radical (unpaired) electrons. The molecule has 1 heterocycles. The Hall–Kier alpha value is -3.02. The first kappa shape index (κ1) is 16.4. The minimum Gasteiger partial charge on any atom is -0.347 e. The van der Waals surface area contributed by atoms with Crippen LogP contribution in [0.4, 0.5) is 4.39 Å². The number of carbonyl (C=O) groups is 1. The number of nitrogens with zero attached hydrogens (tertiary/aromatic N) is 3. The highest BCUT2D eigenvalue weighted by atomic mass is 19.1. The van der Waals surface area contributed by atoms with Gasteiger partial charge in [-0.25, -0.2) is 4.39 Å². The van der Waals surface area contributed by atoms with E-state index in [0.29, 0.717) is 6.54 Å². The van der Waals surface area contributed by atoms with E-state index >= 15 is 0 Å². The van der Waals surface area contributed by atoms with Crippen molar-refractivity contribution >= 4 is 5.91 Å². The second kappa shape index (κ2) is 6.71. The van der Waals surface area contributed by atoms with Gasteiger partial charge in [0.15, 0.2) is 0 Å². The highest BCUT2D eigenvalue weighted by Crippen LogP contribution is 2.48. The van der Waals surface area contributed by atoms with Crippen LogP contribution in [-0.2, 0) is 16.8 Å². The van der Waals surface area contributed by atoms with Gasteiger partial charge in [-0.3, -0.25) is 4.79 Å². The molecule has 4 rings (SSSR count). The summed E-state index contributed by atoms with van der Waals surface area (Å²) in [6.07, 6.45) is 4.77. The Morgan fingerprint density at radius 3 is 2.35 bits per heavy atom. The zero-order chi connectivity index (χ0) is 18.0. The maximum atomic E-state index is 13.2. The van der Waals surface area contributed by atoms with Gasteiger partial charge >= 0.3 is 0 Å². The summed E-state index contributed by atoms with van der Waals surface area (Å²) in [5.74, 6) is -0.331. The number of halogens is 1. The van der Waals surface area contributed by atoms with Crippen molar-refractivity contribution in [2.45, 2.75) is 30.8 Å². The molecule has 1 aliphatic carbocycles. The molecule has 0 unspecified atom stereocenters. The lowest BCUT2D eigenvalue weighted by Crippen LogP contribution is -2.39. The van der Waals surface area contributed by atoms with Crippen molar-refractivity contribution in [2.75, 3.05) is 0 Å². The minimum absolute atomic E-state index is 0.0369. The van der Waals surface area contributed by atoms with E-state index in [2.05, 4.69) is 15.5 Å². The highest BCUT2D eigenvalue weighted by molar-refractivity contribution is 5.91. The van der Waals surface area contributed by atoms with Gasteiger partial charge in [-0.2, -0.15) is 15.0 Å². The molecule has 1 fully saturated rings. The van der Waals surface area contributed by atoms with Crippen LogP contribution < -0.4 is 5.32 Å². The molecule has 2 aromatic carbocycles. The number of aromatic nitrogens is 3. The van der Waals surface area contributed by atoms with Crippen LogP contribution in [0.3, 0.4) is 0 Å². The molecule has 26 heavy (non-hydrogen) atoms. The van der Waals surface area contributed by atoms with Crippen LogP contribution >= 0.6 is 0 Å². The number of rotatable bonds is 6. The molecule has 0 bridgehead atoms. The predicted molar refractivity (Wildman–Crippen MR) is 94.7 cm³/mol. The van der Waals surface area contributed by atoms with E-state index in [-0.39, 0.29) is 17.8 Å². The summed E-state index contributed by atoms with van der Waals surface area (Å²) in [6, 6.07) is 15.8. The molecule has 1 saturated carbocycles. The van der Waals surface area contributed by atoms with Gasteiger partial charge < -0.3 is 5.32 Å². The molecular weight excluding hydrogens is 331 g/mol. The number of hydrogen-bond acceptors (Lipinski definition) is 3. The molecule has 1 amide bonds. The lowest BCUT2D eigenvalue weighted by atomic mass is 9.94. The second-order valence-corrected chi connectivity index (χ2v) is 6.61. The van der Waals surface area contributed by atoms with Crippen LogP contribution in [0.25, 0.3) is 0 Å². The highest BCUT2D eigenvalue weighted by Gasteiger charge is 2.51. The Bertz CT molecular complexity index is 874. The van der Waals surface area contributed by atoms with Crippen molar-refractivity contribution < 1.29 is 9.18 Å². The Morgan fingerprint density at radius 1 is 1.08 bits per heavy atom. The van der Waals surface area contributed by atoms with Gasteiger partial charge in [0.2, 0.25) is 5.91 Å². The van der Waals surface area contributed by atoms with Crippen molar-refractivity contribution in [3.05, 3.63) is 83.9 Å². The SMILES string of the molecule is O=C(N[C@H](Cn1nccn1)c1ccccc1)C1(c2ccc(F)cc2)CC1. The van der Waals surface area contributed by atoms with Gasteiger partial charge in [-0.1, -0.05) is 42.5 Å². The number of hydrogen-bond donors (Lipinski definition) is 1. The van der Waals surface area contributed by atoms with Crippen molar-refractivity contribution in [1.82, 2.24) is 20.3 Å². The summed E-state index contributed by atoms with van der Waals surface area (Å²) in [5.41, 5.74) is 1.30. The number of benzene rings is 2. The number of carbonyl (C=O) groups excluding carboxylic acids is 1. The third-order valence-corrected chi connectivity index (χ3v) is 4.90. The fourth-order valence-corrected chi connectivity index (χ4v) is 3.26. The zero-order valence-electron chi connectivity index (χ0n) is 14.2. The Balaban J connectivity index is 1.57. The summed E-state index contributed by atoms with van der Waals surface area (Å²) in [7, 11) is 0. The van der Waals surface area contributed by atoms with E-state index in [1.165, 1.54) is 12.1 Å². The van der Waals surface area contributed by atoms with Crippen LogP contribution in [-0.4, -0.2) is 20.9 Å². The first-order valence-corrected chi connectivity index (χ1v) is 8.63. The third kappa shape index (κ3) is 3.22. The quantitative estimate of drug-likeness (QED) is 0.743. The van der Waals surface area contributed by atoms with E-state index < -0.39 is 5.41 Å². The molecule has 6 heteroatoms. The largest absolute Gasteiger partial charge is 0.347 e. The maximum absolute atomic E-state index is 13.2. The van der Waals surface area contributed by atoms with Crippen LogP contribution in [0.2, 0.25) is 0 Å². The second-order valence-electron chi connectivity index (χ2n) is 6.61. The third-order valence-electron chi connectivity index (χ3n) is 4.90. The topological polar surface area (TPSA) is 59.8 Å². The van der Waals surface area contributed by atoms with E-state index in [1.807, 2.05) is 30.3 Å². The molecule has 3 aromatic rings. The summed E-state index contributed by atoms with van der Waals surface area (Å²) < 4.78 is 13.2. The Kier molecular flexibility index (Phi) is 4.24. The lowest BCUT2D eigenvalue weighted by Gasteiger charge is -2.23. The minimum atomic E-state index is -0.557. The lowest BCUT2D eigenvalue weighted by molar-refractivity contribution is -0.124. The standard InChI is InChI=1S/C20H19FN4O/c21-17-8-6-16(7-9-17)20(10-11-20)19(26)24-18(14-25-22-12-13-23-25)15-4-2-1-3-5-15/h1-9,12-13,18H,10-11,14H2,(H,24,26)/t18-/m1/s1. The van der Waals surface area contributed by atoms with Crippen LogP contribution in [0, 0.1) is 5.82 Å². The first-order chi connectivity index (χ1) is 12.7. The average Bonchev–Trinajstić information content (AvgIpc) is 3.32. The van der Waals surface area contributed by atoms with Gasteiger partial charge in [-0.15, -0.1) is 0 Å². The zero-order valence-corrected chi connectivity index (χ0v) is 14.2. The van der Waals surface area contributed by atoms with E-state index in [9.17, 15) is 9.18 Å². The van der Waals surface area contributed by atoms with Crippen LogP contribution in [0.15, 0.2) is 67.0 Å². The fraction of sp³-hybridized carbons (Fsp3) is 0.250. The molecule has 1 aromatic heterocycles. The molecular formula is C20H19FN4O.